The van der Waals surface area contributed by atoms with Gasteiger partial charge >= 0.3 is 17.8 Å². The number of anilines is 2. The summed E-state index contributed by atoms with van der Waals surface area (Å²) < 4.78 is 53.0. The van der Waals surface area contributed by atoms with Crippen molar-refractivity contribution in [2.75, 3.05) is 32.6 Å². The molecule has 3 heterocycles. The fourth-order valence-electron chi connectivity index (χ4n) is 5.37. The van der Waals surface area contributed by atoms with Crippen LogP contribution in [0.4, 0.5) is 24.8 Å². The van der Waals surface area contributed by atoms with E-state index in [1.165, 1.54) is 35.1 Å². The number of likely N-dealkylation sites (N-methyl/N-ethyl adjacent to an activating group) is 1. The van der Waals surface area contributed by atoms with E-state index in [0.717, 1.165) is 12.1 Å². The molecule has 0 fully saturated rings. The SMILES string of the molecule is COC(=O)C1=C(C)N(c2cccc(C(F)(F)F)c2)c2n[nH]c(=O)n2[C@@H]1c1ccc(C#N)cc1CC[N+](C)(C)Cc1nnco1. The Morgan fingerprint density at radius 1 is 1.23 bits per heavy atom. The van der Waals surface area contributed by atoms with Crippen LogP contribution in [0.2, 0.25) is 0 Å². The average Bonchev–Trinajstić information content (AvgIpc) is 3.63. The predicted octanol–water partition coefficient (Wildman–Crippen LogP) is 3.85. The highest BCUT2D eigenvalue weighted by atomic mass is 19.4. The van der Waals surface area contributed by atoms with Crippen molar-refractivity contribution >= 4 is 17.6 Å². The number of hydrogen-bond donors (Lipinski definition) is 1. The molecule has 0 unspecified atom stereocenters. The number of aromatic nitrogens is 5. The number of quaternary nitrogens is 1. The Morgan fingerprint density at radius 3 is 2.66 bits per heavy atom. The highest BCUT2D eigenvalue weighted by molar-refractivity contribution is 5.93. The third-order valence-corrected chi connectivity index (χ3v) is 7.50. The second-order valence-corrected chi connectivity index (χ2v) is 10.9. The highest BCUT2D eigenvalue weighted by Gasteiger charge is 2.41. The number of carbonyl (C=O) groups excluding carboxylic acids is 1. The van der Waals surface area contributed by atoms with Crippen LogP contribution in [0.3, 0.4) is 0 Å². The molecule has 1 atom stereocenters. The molecule has 228 valence electrons. The molecule has 1 N–H and O–H groups in total. The molecule has 15 heteroatoms. The lowest BCUT2D eigenvalue weighted by Gasteiger charge is -2.36. The zero-order valence-electron chi connectivity index (χ0n) is 24.2. The summed E-state index contributed by atoms with van der Waals surface area (Å²) >= 11 is 0. The lowest BCUT2D eigenvalue weighted by atomic mass is 9.89. The molecule has 0 bridgehead atoms. The Kier molecular flexibility index (Phi) is 7.87. The van der Waals surface area contributed by atoms with Gasteiger partial charge in [0.25, 0.3) is 5.89 Å². The molecule has 1 aliphatic heterocycles. The molecule has 44 heavy (non-hydrogen) atoms. The van der Waals surface area contributed by atoms with Crippen molar-refractivity contribution in [3.63, 3.8) is 0 Å². The number of hydrogen-bond acceptors (Lipinski definition) is 9. The summed E-state index contributed by atoms with van der Waals surface area (Å²) in [6.45, 7) is 2.52. The first-order valence-electron chi connectivity index (χ1n) is 13.4. The third-order valence-electron chi connectivity index (χ3n) is 7.50. The van der Waals surface area contributed by atoms with E-state index in [1.54, 1.807) is 25.1 Å². The molecular weight excluding hydrogens is 581 g/mol. The highest BCUT2D eigenvalue weighted by Crippen LogP contribution is 2.43. The quantitative estimate of drug-likeness (QED) is 0.233. The van der Waals surface area contributed by atoms with Gasteiger partial charge in [-0.1, -0.05) is 12.1 Å². The van der Waals surface area contributed by atoms with Crippen LogP contribution in [0.15, 0.2) is 69.3 Å². The van der Waals surface area contributed by atoms with Crippen molar-refractivity contribution < 1.29 is 31.6 Å². The first-order chi connectivity index (χ1) is 20.8. The van der Waals surface area contributed by atoms with Crippen LogP contribution in [0.25, 0.3) is 0 Å². The zero-order chi connectivity index (χ0) is 31.8. The van der Waals surface area contributed by atoms with Gasteiger partial charge < -0.3 is 13.6 Å². The van der Waals surface area contributed by atoms with Gasteiger partial charge in [-0.15, -0.1) is 15.3 Å². The number of fused-ring (bicyclic) bond motifs is 1. The van der Waals surface area contributed by atoms with E-state index in [0.29, 0.717) is 46.6 Å². The number of nitriles is 1. The van der Waals surface area contributed by atoms with Crippen LogP contribution in [-0.4, -0.2) is 63.2 Å². The summed E-state index contributed by atoms with van der Waals surface area (Å²) in [7, 11) is 5.11. The van der Waals surface area contributed by atoms with E-state index in [2.05, 4.69) is 26.5 Å². The monoisotopic (exact) mass is 609 g/mol. The van der Waals surface area contributed by atoms with Crippen molar-refractivity contribution in [3.05, 3.63) is 98.8 Å². The zero-order valence-corrected chi connectivity index (χ0v) is 24.2. The molecule has 2 aromatic carbocycles. The lowest BCUT2D eigenvalue weighted by Crippen LogP contribution is -2.41. The van der Waals surface area contributed by atoms with Crippen LogP contribution >= 0.6 is 0 Å². The molecule has 5 rings (SSSR count). The Bertz CT molecular complexity index is 1830. The molecule has 0 saturated heterocycles. The summed E-state index contributed by atoms with van der Waals surface area (Å²) in [5.74, 6) is -0.359. The smallest absolute Gasteiger partial charge is 0.416 e. The summed E-state index contributed by atoms with van der Waals surface area (Å²) in [5, 5.41) is 23.9. The molecule has 0 aliphatic carbocycles. The average molecular weight is 610 g/mol. The fraction of sp³-hybridized carbons (Fsp3) is 0.310. The number of nitrogens with zero attached hydrogens (tertiary/aromatic N) is 7. The molecule has 4 aromatic rings. The number of alkyl halides is 3. The Morgan fingerprint density at radius 2 is 2.00 bits per heavy atom. The van der Waals surface area contributed by atoms with Gasteiger partial charge in [-0.25, -0.2) is 19.3 Å². The topological polar surface area (TPSA) is 143 Å². The minimum absolute atomic E-state index is 0.0199. The molecule has 0 radical (unpaired) electrons. The van der Waals surface area contributed by atoms with E-state index < -0.39 is 29.4 Å². The van der Waals surface area contributed by atoms with Crippen LogP contribution < -0.4 is 10.6 Å². The van der Waals surface area contributed by atoms with E-state index in [1.807, 2.05) is 14.1 Å². The van der Waals surface area contributed by atoms with Gasteiger partial charge in [0.2, 0.25) is 12.3 Å². The number of nitrogens with one attached hydrogen (secondary N) is 1. The molecule has 2 aromatic heterocycles. The maximum absolute atomic E-state index is 13.6. The minimum Gasteiger partial charge on any atom is -0.466 e. The number of halogens is 3. The van der Waals surface area contributed by atoms with Crippen molar-refractivity contribution in [3.8, 4) is 6.07 Å². The maximum Gasteiger partial charge on any atom is 0.416 e. The number of esters is 1. The first kappa shape index (κ1) is 30.2. The van der Waals surface area contributed by atoms with Gasteiger partial charge in [0.1, 0.15) is 6.04 Å². The second-order valence-electron chi connectivity index (χ2n) is 10.9. The first-order valence-corrected chi connectivity index (χ1v) is 13.4. The number of methoxy groups -OCH3 is 1. The van der Waals surface area contributed by atoms with Crippen molar-refractivity contribution in [1.29, 1.82) is 5.26 Å². The molecule has 12 nitrogen and oxygen atoms in total. The van der Waals surface area contributed by atoms with Crippen molar-refractivity contribution in [2.24, 2.45) is 0 Å². The Labute approximate surface area is 249 Å². The fourth-order valence-corrected chi connectivity index (χ4v) is 5.37. The number of benzene rings is 2. The third kappa shape index (κ3) is 5.71. The minimum atomic E-state index is -4.63. The molecule has 0 saturated carbocycles. The number of carbonyl (C=O) groups is 1. The van der Waals surface area contributed by atoms with Gasteiger partial charge in [0.05, 0.1) is 50.5 Å². The maximum atomic E-state index is 13.6. The summed E-state index contributed by atoms with van der Waals surface area (Å²) in [4.78, 5) is 28.1. The molecule has 0 amide bonds. The second kappa shape index (κ2) is 11.5. The van der Waals surface area contributed by atoms with Crippen molar-refractivity contribution in [1.82, 2.24) is 25.0 Å². The summed E-state index contributed by atoms with van der Waals surface area (Å²) in [6.07, 6.45) is -2.97. The van der Waals surface area contributed by atoms with E-state index in [4.69, 9.17) is 9.15 Å². The van der Waals surface area contributed by atoms with Crippen LogP contribution in [0.5, 0.6) is 0 Å². The van der Waals surface area contributed by atoms with Gasteiger partial charge in [0, 0.05) is 17.8 Å². The number of allylic oxidation sites excluding steroid dienone is 1. The van der Waals surface area contributed by atoms with Crippen LogP contribution in [0.1, 0.15) is 41.1 Å². The van der Waals surface area contributed by atoms with Crippen molar-refractivity contribution in [2.45, 2.75) is 32.1 Å². The standard InChI is InChI=1S/C29H27F3N8O4/c1-17-24(26(41)43-4)25(39-27(36-37-28(39)42)38(17)21-7-5-6-20(13-21)29(30,31)32)22-9-8-18(14-33)12-19(22)10-11-40(2,3)15-23-35-34-16-44-23/h5-9,12-13,16,25H,10-11,15H2,1-4H3/p+1/t25-/m1/s1. The van der Waals surface area contributed by atoms with Gasteiger partial charge in [-0.05, 0) is 48.4 Å². The number of H-pyrrole nitrogens is 1. The van der Waals surface area contributed by atoms with E-state index >= 15 is 0 Å². The Hall–Kier alpha value is -5.23. The number of rotatable bonds is 8. The van der Waals surface area contributed by atoms with Crippen LogP contribution in [-0.2, 0) is 28.7 Å². The summed E-state index contributed by atoms with van der Waals surface area (Å²) in [6, 6.07) is 10.5. The summed E-state index contributed by atoms with van der Waals surface area (Å²) in [5.41, 5.74) is 0.233. The lowest BCUT2D eigenvalue weighted by molar-refractivity contribution is -0.904. The number of ether oxygens (including phenoxy) is 1. The molecule has 1 aliphatic rings. The molecule has 0 spiro atoms. The number of aromatic amines is 1. The van der Waals surface area contributed by atoms with Gasteiger partial charge in [-0.2, -0.15) is 18.4 Å². The van der Waals surface area contributed by atoms with Gasteiger partial charge in [0.15, 0.2) is 6.54 Å². The van der Waals surface area contributed by atoms with E-state index in [-0.39, 0.29) is 22.9 Å². The normalized spacial score (nSPS) is 15.2. The predicted molar refractivity (Wildman–Crippen MR) is 149 cm³/mol. The Balaban J connectivity index is 1.66. The van der Waals surface area contributed by atoms with Crippen LogP contribution in [0, 0.1) is 11.3 Å². The van der Waals surface area contributed by atoms with E-state index in [9.17, 15) is 28.0 Å². The largest absolute Gasteiger partial charge is 0.466 e. The molecular formula is C29H28F3N8O4+. The van der Waals surface area contributed by atoms with Gasteiger partial charge in [-0.3, -0.25) is 4.90 Å².